The van der Waals surface area contributed by atoms with Crippen molar-refractivity contribution in [3.63, 3.8) is 0 Å². The van der Waals surface area contributed by atoms with Crippen molar-refractivity contribution in [2.24, 2.45) is 0 Å². The molecule has 0 aliphatic rings. The summed E-state index contributed by atoms with van der Waals surface area (Å²) >= 11 is 0. The highest BCUT2D eigenvalue weighted by molar-refractivity contribution is 4.54. The van der Waals surface area contributed by atoms with Gasteiger partial charge in [0.05, 0.1) is 6.10 Å². The fraction of sp³-hybridized carbons (Fsp3) is 1.00. The first-order chi connectivity index (χ1) is 6.24. The molecule has 0 heterocycles. The van der Waals surface area contributed by atoms with Crippen LogP contribution < -0.4 is 0 Å². The lowest BCUT2D eigenvalue weighted by atomic mass is 10.3. The van der Waals surface area contributed by atoms with Gasteiger partial charge >= 0.3 is 0 Å². The van der Waals surface area contributed by atoms with E-state index in [0.29, 0.717) is 13.2 Å². The summed E-state index contributed by atoms with van der Waals surface area (Å²) < 4.78 is 16.2. The standard InChI is InChI=1S/C10H22O3/c1-5-11-9(4)8-10(12-6-2)13-7-3/h9-10H,5-8H2,1-4H3/t9-/m1/s1. The van der Waals surface area contributed by atoms with E-state index in [2.05, 4.69) is 0 Å². The molecular weight excluding hydrogens is 168 g/mol. The van der Waals surface area contributed by atoms with Crippen LogP contribution in [0.5, 0.6) is 0 Å². The molecule has 3 heteroatoms. The average Bonchev–Trinajstić information content (AvgIpc) is 2.05. The van der Waals surface area contributed by atoms with Crippen LogP contribution in [0.25, 0.3) is 0 Å². The monoisotopic (exact) mass is 190 g/mol. The lowest BCUT2D eigenvalue weighted by molar-refractivity contribution is -0.155. The Balaban J connectivity index is 3.64. The van der Waals surface area contributed by atoms with E-state index in [4.69, 9.17) is 14.2 Å². The molecule has 0 aromatic carbocycles. The van der Waals surface area contributed by atoms with Gasteiger partial charge in [-0.3, -0.25) is 0 Å². The van der Waals surface area contributed by atoms with E-state index in [-0.39, 0.29) is 12.4 Å². The summed E-state index contributed by atoms with van der Waals surface area (Å²) in [5.41, 5.74) is 0. The predicted octanol–water partition coefficient (Wildman–Crippen LogP) is 2.20. The number of ether oxygens (including phenoxy) is 3. The highest BCUT2D eigenvalue weighted by atomic mass is 16.7. The fourth-order valence-corrected chi connectivity index (χ4v) is 1.18. The third-order valence-corrected chi connectivity index (χ3v) is 1.68. The van der Waals surface area contributed by atoms with Crippen molar-refractivity contribution in [1.82, 2.24) is 0 Å². The largest absolute Gasteiger partial charge is 0.379 e. The molecular formula is C10H22O3. The Bertz CT molecular complexity index is 100. The van der Waals surface area contributed by atoms with Crippen LogP contribution in [0.15, 0.2) is 0 Å². The minimum absolute atomic E-state index is 0.114. The molecule has 0 amide bonds. The minimum Gasteiger partial charge on any atom is -0.379 e. The Morgan fingerprint density at radius 3 is 1.69 bits per heavy atom. The molecule has 0 aromatic rings. The van der Waals surface area contributed by atoms with Gasteiger partial charge in [-0.05, 0) is 27.7 Å². The maximum absolute atomic E-state index is 5.40. The predicted molar refractivity (Wildman–Crippen MR) is 52.7 cm³/mol. The van der Waals surface area contributed by atoms with Crippen LogP contribution in [0, 0.1) is 0 Å². The zero-order valence-electron chi connectivity index (χ0n) is 9.21. The van der Waals surface area contributed by atoms with Gasteiger partial charge < -0.3 is 14.2 Å². The van der Waals surface area contributed by atoms with Crippen molar-refractivity contribution in [2.45, 2.75) is 46.5 Å². The van der Waals surface area contributed by atoms with Gasteiger partial charge in [0.1, 0.15) is 0 Å². The van der Waals surface area contributed by atoms with Crippen molar-refractivity contribution in [3.8, 4) is 0 Å². The Morgan fingerprint density at radius 1 is 0.846 bits per heavy atom. The summed E-state index contributed by atoms with van der Waals surface area (Å²) in [6, 6.07) is 0. The van der Waals surface area contributed by atoms with Gasteiger partial charge in [-0.1, -0.05) is 0 Å². The van der Waals surface area contributed by atoms with Crippen LogP contribution in [0.3, 0.4) is 0 Å². The van der Waals surface area contributed by atoms with Crippen molar-refractivity contribution in [3.05, 3.63) is 0 Å². The van der Waals surface area contributed by atoms with Gasteiger partial charge in [0.2, 0.25) is 0 Å². The van der Waals surface area contributed by atoms with E-state index in [1.54, 1.807) is 0 Å². The number of hydrogen-bond donors (Lipinski definition) is 0. The highest BCUT2D eigenvalue weighted by Gasteiger charge is 2.12. The molecule has 0 saturated heterocycles. The Kier molecular flexibility index (Phi) is 8.40. The fourth-order valence-electron chi connectivity index (χ4n) is 1.18. The van der Waals surface area contributed by atoms with Crippen molar-refractivity contribution < 1.29 is 14.2 Å². The second-order valence-corrected chi connectivity index (χ2v) is 2.84. The molecule has 0 N–H and O–H groups in total. The molecule has 0 spiro atoms. The molecule has 13 heavy (non-hydrogen) atoms. The van der Waals surface area contributed by atoms with Crippen molar-refractivity contribution in [1.29, 1.82) is 0 Å². The Morgan fingerprint density at radius 2 is 1.31 bits per heavy atom. The third kappa shape index (κ3) is 6.99. The third-order valence-electron chi connectivity index (χ3n) is 1.68. The second kappa shape index (κ2) is 8.48. The van der Waals surface area contributed by atoms with Crippen LogP contribution in [0.2, 0.25) is 0 Å². The first-order valence-electron chi connectivity index (χ1n) is 5.09. The summed E-state index contributed by atoms with van der Waals surface area (Å²) in [6.45, 7) is 10.1. The molecule has 80 valence electrons. The van der Waals surface area contributed by atoms with E-state index in [1.807, 2.05) is 27.7 Å². The maximum atomic E-state index is 5.40. The van der Waals surface area contributed by atoms with Crippen LogP contribution in [-0.4, -0.2) is 32.2 Å². The quantitative estimate of drug-likeness (QED) is 0.549. The average molecular weight is 190 g/mol. The number of rotatable bonds is 8. The van der Waals surface area contributed by atoms with Gasteiger partial charge in [0.15, 0.2) is 6.29 Å². The Labute approximate surface area is 81.4 Å². The van der Waals surface area contributed by atoms with E-state index in [0.717, 1.165) is 13.0 Å². The van der Waals surface area contributed by atoms with Gasteiger partial charge in [-0.25, -0.2) is 0 Å². The Hall–Kier alpha value is -0.120. The van der Waals surface area contributed by atoms with Crippen LogP contribution in [0.4, 0.5) is 0 Å². The first-order valence-corrected chi connectivity index (χ1v) is 5.09. The topological polar surface area (TPSA) is 27.7 Å². The number of hydrogen-bond acceptors (Lipinski definition) is 3. The smallest absolute Gasteiger partial charge is 0.160 e. The van der Waals surface area contributed by atoms with E-state index in [9.17, 15) is 0 Å². The van der Waals surface area contributed by atoms with E-state index < -0.39 is 0 Å². The lowest BCUT2D eigenvalue weighted by Crippen LogP contribution is -2.24. The van der Waals surface area contributed by atoms with Gasteiger partial charge in [-0.2, -0.15) is 0 Å². The molecule has 0 aliphatic heterocycles. The molecule has 0 aliphatic carbocycles. The molecule has 0 rings (SSSR count). The minimum atomic E-state index is -0.114. The van der Waals surface area contributed by atoms with Crippen LogP contribution in [-0.2, 0) is 14.2 Å². The summed E-state index contributed by atoms with van der Waals surface area (Å²) in [5, 5.41) is 0. The normalized spacial score (nSPS) is 13.6. The molecule has 0 bridgehead atoms. The summed E-state index contributed by atoms with van der Waals surface area (Å²) in [7, 11) is 0. The van der Waals surface area contributed by atoms with Gasteiger partial charge in [0.25, 0.3) is 0 Å². The summed E-state index contributed by atoms with van der Waals surface area (Å²) in [4.78, 5) is 0. The first kappa shape index (κ1) is 12.9. The summed E-state index contributed by atoms with van der Waals surface area (Å²) in [5.74, 6) is 0. The van der Waals surface area contributed by atoms with Gasteiger partial charge in [-0.15, -0.1) is 0 Å². The highest BCUT2D eigenvalue weighted by Crippen LogP contribution is 2.07. The van der Waals surface area contributed by atoms with E-state index in [1.165, 1.54) is 0 Å². The van der Waals surface area contributed by atoms with E-state index >= 15 is 0 Å². The second-order valence-electron chi connectivity index (χ2n) is 2.84. The zero-order valence-corrected chi connectivity index (χ0v) is 9.21. The molecule has 0 unspecified atom stereocenters. The zero-order chi connectivity index (χ0) is 10.1. The molecule has 0 aromatic heterocycles. The molecule has 0 fully saturated rings. The van der Waals surface area contributed by atoms with Gasteiger partial charge in [0, 0.05) is 26.2 Å². The molecule has 0 radical (unpaired) electrons. The summed E-state index contributed by atoms with van der Waals surface area (Å²) in [6.07, 6.45) is 0.889. The molecule has 1 atom stereocenters. The SMILES string of the molecule is CCOC(C[C@@H](C)OCC)OCC. The van der Waals surface area contributed by atoms with Crippen molar-refractivity contribution in [2.75, 3.05) is 19.8 Å². The van der Waals surface area contributed by atoms with Crippen molar-refractivity contribution >= 4 is 0 Å². The van der Waals surface area contributed by atoms with Crippen LogP contribution in [0.1, 0.15) is 34.1 Å². The van der Waals surface area contributed by atoms with Crippen LogP contribution >= 0.6 is 0 Å². The molecule has 0 saturated carbocycles. The molecule has 3 nitrogen and oxygen atoms in total. The maximum Gasteiger partial charge on any atom is 0.160 e. The lowest BCUT2D eigenvalue weighted by Gasteiger charge is -2.20.